The highest BCUT2D eigenvalue weighted by Gasteiger charge is 2.82. The third-order valence-electron chi connectivity index (χ3n) is 3.48. The summed E-state index contributed by atoms with van der Waals surface area (Å²) in [6.45, 7) is 7.31. The van der Waals surface area contributed by atoms with Gasteiger partial charge in [-0.05, 0) is 12.5 Å². The maximum atomic E-state index is 14.9. The lowest BCUT2D eigenvalue weighted by atomic mass is 9.73. The minimum Gasteiger partial charge on any atom is -0.462 e. The molecule has 1 aromatic carbocycles. The maximum absolute atomic E-state index is 14.9. The molecule has 0 aromatic heterocycles. The van der Waals surface area contributed by atoms with Gasteiger partial charge < -0.3 is 9.47 Å². The first kappa shape index (κ1) is 14.0. The van der Waals surface area contributed by atoms with Gasteiger partial charge in [0, 0.05) is 5.41 Å². The molecule has 1 aromatic rings. The quantitative estimate of drug-likeness (QED) is 0.623. The Hall–Kier alpha value is -1.42. The lowest BCUT2D eigenvalue weighted by Gasteiger charge is -2.28. The topological polar surface area (TPSA) is 38.8 Å². The average molecular weight is 266 g/mol. The van der Waals surface area contributed by atoms with Gasteiger partial charge in [-0.15, -0.1) is 0 Å². The molecule has 1 aliphatic heterocycles. The lowest BCUT2D eigenvalue weighted by Crippen LogP contribution is -2.39. The Kier molecular flexibility index (Phi) is 3.17. The van der Waals surface area contributed by atoms with Gasteiger partial charge in [0.05, 0.1) is 6.61 Å². The molecule has 0 bridgehead atoms. The molecular formula is C15H19FO3. The van der Waals surface area contributed by atoms with Gasteiger partial charge in [-0.2, -0.15) is 4.39 Å². The Morgan fingerprint density at radius 1 is 1.32 bits per heavy atom. The van der Waals surface area contributed by atoms with Crippen molar-refractivity contribution in [2.75, 3.05) is 6.61 Å². The van der Waals surface area contributed by atoms with Crippen LogP contribution in [0.15, 0.2) is 30.3 Å². The summed E-state index contributed by atoms with van der Waals surface area (Å²) >= 11 is 0. The molecule has 0 radical (unpaired) electrons. The molecule has 1 fully saturated rings. The largest absolute Gasteiger partial charge is 0.462 e. The maximum Gasteiger partial charge on any atom is 0.375 e. The van der Waals surface area contributed by atoms with Crippen molar-refractivity contribution in [3.05, 3.63) is 35.9 Å². The molecule has 2 atom stereocenters. The fourth-order valence-electron chi connectivity index (χ4n) is 2.58. The molecule has 0 unspecified atom stereocenters. The van der Waals surface area contributed by atoms with Crippen LogP contribution in [0.25, 0.3) is 0 Å². The number of alkyl halides is 1. The monoisotopic (exact) mass is 266 g/mol. The van der Waals surface area contributed by atoms with Gasteiger partial charge in [0.25, 0.3) is 0 Å². The van der Waals surface area contributed by atoms with Crippen LogP contribution >= 0.6 is 0 Å². The summed E-state index contributed by atoms with van der Waals surface area (Å²) in [6.07, 6.45) is 0. The highest BCUT2D eigenvalue weighted by molar-refractivity contribution is 5.83. The van der Waals surface area contributed by atoms with E-state index in [1.165, 1.54) is 0 Å². The minimum atomic E-state index is -2.40. The van der Waals surface area contributed by atoms with E-state index >= 15 is 0 Å². The van der Waals surface area contributed by atoms with Crippen LogP contribution in [-0.4, -0.2) is 18.4 Å². The van der Waals surface area contributed by atoms with E-state index in [1.807, 2.05) is 26.8 Å². The van der Waals surface area contributed by atoms with Crippen molar-refractivity contribution in [1.82, 2.24) is 0 Å². The van der Waals surface area contributed by atoms with Gasteiger partial charge >= 0.3 is 11.8 Å². The van der Waals surface area contributed by atoms with Gasteiger partial charge in [-0.25, -0.2) is 4.79 Å². The summed E-state index contributed by atoms with van der Waals surface area (Å²) in [4.78, 5) is 11.8. The first-order valence-corrected chi connectivity index (χ1v) is 6.41. The Morgan fingerprint density at radius 3 is 2.37 bits per heavy atom. The van der Waals surface area contributed by atoms with Gasteiger partial charge in [-0.1, -0.05) is 51.1 Å². The SMILES string of the molecule is CCOC(=O)[C@]1(F)O[C@@]1(c1ccccc1)C(C)(C)C. The number of halogens is 1. The first-order valence-electron chi connectivity index (χ1n) is 6.41. The van der Waals surface area contributed by atoms with Crippen LogP contribution in [0.4, 0.5) is 4.39 Å². The van der Waals surface area contributed by atoms with Crippen molar-refractivity contribution >= 4 is 5.97 Å². The summed E-state index contributed by atoms with van der Waals surface area (Å²) < 4.78 is 25.0. The van der Waals surface area contributed by atoms with Crippen LogP contribution in [0.3, 0.4) is 0 Å². The van der Waals surface area contributed by atoms with Crippen LogP contribution in [0.5, 0.6) is 0 Å². The van der Waals surface area contributed by atoms with E-state index in [0.717, 1.165) is 0 Å². The van der Waals surface area contributed by atoms with Crippen molar-refractivity contribution in [1.29, 1.82) is 0 Å². The number of hydrogen-bond donors (Lipinski definition) is 0. The van der Waals surface area contributed by atoms with Crippen LogP contribution < -0.4 is 0 Å². The highest BCUT2D eigenvalue weighted by atomic mass is 19.2. The summed E-state index contributed by atoms with van der Waals surface area (Å²) in [5.41, 5.74) is -1.21. The number of carbonyl (C=O) groups excluding carboxylic acids is 1. The predicted octanol–water partition coefficient (Wildman–Crippen LogP) is 3.19. The van der Waals surface area contributed by atoms with E-state index in [2.05, 4.69) is 0 Å². The molecule has 0 N–H and O–H groups in total. The molecule has 1 heterocycles. The molecule has 3 nitrogen and oxygen atoms in total. The van der Waals surface area contributed by atoms with Crippen molar-refractivity contribution in [3.8, 4) is 0 Å². The van der Waals surface area contributed by atoms with E-state index in [0.29, 0.717) is 5.56 Å². The Bertz CT molecular complexity index is 480. The highest BCUT2D eigenvalue weighted by Crippen LogP contribution is 2.66. The molecule has 0 spiro atoms. The van der Waals surface area contributed by atoms with E-state index in [-0.39, 0.29) is 6.61 Å². The van der Waals surface area contributed by atoms with E-state index in [1.54, 1.807) is 31.2 Å². The normalized spacial score (nSPS) is 29.9. The second-order valence-electron chi connectivity index (χ2n) is 5.72. The molecule has 1 aliphatic rings. The molecule has 104 valence electrons. The first-order chi connectivity index (χ1) is 8.79. The van der Waals surface area contributed by atoms with Crippen molar-refractivity contribution in [3.63, 3.8) is 0 Å². The third kappa shape index (κ3) is 1.86. The molecule has 4 heteroatoms. The second-order valence-corrected chi connectivity index (χ2v) is 5.72. The Morgan fingerprint density at radius 2 is 1.89 bits per heavy atom. The number of carbonyl (C=O) groups is 1. The van der Waals surface area contributed by atoms with Gasteiger partial charge in [0.2, 0.25) is 0 Å². The van der Waals surface area contributed by atoms with E-state index < -0.39 is 22.8 Å². The molecule has 2 rings (SSSR count). The smallest absolute Gasteiger partial charge is 0.375 e. The van der Waals surface area contributed by atoms with Crippen LogP contribution in [0, 0.1) is 5.41 Å². The summed E-state index contributed by atoms with van der Waals surface area (Å²) in [7, 11) is 0. The van der Waals surface area contributed by atoms with Crippen molar-refractivity contribution in [2.24, 2.45) is 5.41 Å². The fourth-order valence-corrected chi connectivity index (χ4v) is 2.58. The van der Waals surface area contributed by atoms with Gasteiger partial charge in [0.1, 0.15) is 0 Å². The lowest BCUT2D eigenvalue weighted by molar-refractivity contribution is -0.157. The summed E-state index contributed by atoms with van der Waals surface area (Å²) in [5, 5.41) is 0. The van der Waals surface area contributed by atoms with Gasteiger partial charge in [0.15, 0.2) is 5.60 Å². The molecule has 19 heavy (non-hydrogen) atoms. The zero-order valence-corrected chi connectivity index (χ0v) is 11.7. The molecule has 1 saturated heterocycles. The molecular weight excluding hydrogens is 247 g/mol. The number of esters is 1. The van der Waals surface area contributed by atoms with Crippen LogP contribution in [-0.2, 0) is 19.9 Å². The number of ether oxygens (including phenoxy) is 2. The standard InChI is InChI=1S/C15H19FO3/c1-5-18-12(17)15(16)14(19-15,13(2,3)4)11-9-7-6-8-10-11/h6-10H,5H2,1-4H3/t14-,15-/m0/s1. The van der Waals surface area contributed by atoms with E-state index in [9.17, 15) is 9.18 Å². The predicted molar refractivity (Wildman–Crippen MR) is 69.1 cm³/mol. The van der Waals surface area contributed by atoms with E-state index in [4.69, 9.17) is 9.47 Å². The number of hydrogen-bond acceptors (Lipinski definition) is 3. The van der Waals surface area contributed by atoms with Crippen molar-refractivity contribution in [2.45, 2.75) is 39.2 Å². The average Bonchev–Trinajstić information content (AvgIpc) is 3.00. The number of rotatable bonds is 3. The third-order valence-corrected chi connectivity index (χ3v) is 3.48. The number of benzene rings is 1. The second kappa shape index (κ2) is 4.30. The van der Waals surface area contributed by atoms with Crippen LogP contribution in [0.2, 0.25) is 0 Å². The van der Waals surface area contributed by atoms with Gasteiger partial charge in [-0.3, -0.25) is 0 Å². The fraction of sp³-hybridized carbons (Fsp3) is 0.533. The summed E-state index contributed by atoms with van der Waals surface area (Å²) in [5.74, 6) is -3.35. The zero-order chi connectivity index (χ0) is 14.3. The Labute approximate surface area is 112 Å². The zero-order valence-electron chi connectivity index (χ0n) is 11.7. The summed E-state index contributed by atoms with van der Waals surface area (Å²) in [6, 6.07) is 8.98. The molecule has 0 amide bonds. The Balaban J connectivity index is 2.45. The molecule has 0 aliphatic carbocycles. The minimum absolute atomic E-state index is 0.128. The number of epoxide rings is 1. The van der Waals surface area contributed by atoms with Crippen LogP contribution in [0.1, 0.15) is 33.3 Å². The van der Waals surface area contributed by atoms with Crippen molar-refractivity contribution < 1.29 is 18.7 Å². The molecule has 0 saturated carbocycles.